The van der Waals surface area contributed by atoms with Crippen LogP contribution in [-0.2, 0) is 13.2 Å². The highest BCUT2D eigenvalue weighted by molar-refractivity contribution is 6.07. The van der Waals surface area contributed by atoms with Gasteiger partial charge in [-0.25, -0.2) is 19.2 Å². The first kappa shape index (κ1) is 50.1. The number of urea groups is 4. The second kappa shape index (κ2) is 23.9. The van der Waals surface area contributed by atoms with Crippen LogP contribution in [0.5, 0.6) is 0 Å². The van der Waals surface area contributed by atoms with Gasteiger partial charge in [-0.3, -0.25) is 39.2 Å². The molecule has 5 aromatic carbocycles. The van der Waals surface area contributed by atoms with E-state index in [2.05, 4.69) is 0 Å². The molecule has 8 amide bonds. The maximum atomic E-state index is 14.2. The fraction of sp³-hybridized carbons (Fsp3) is 0.346. The molecule has 5 aromatic rings. The van der Waals surface area contributed by atoms with Crippen LogP contribution in [-0.4, -0.2) is 86.7 Å². The van der Waals surface area contributed by atoms with Gasteiger partial charge < -0.3 is 10.2 Å². The molecule has 0 spiro atoms. The average Bonchev–Trinajstić information content (AvgIpc) is 3.35. The normalized spacial score (nSPS) is 10.8. The lowest BCUT2D eigenvalue weighted by molar-refractivity contribution is 0.251. The van der Waals surface area contributed by atoms with Crippen molar-refractivity contribution in [2.45, 2.75) is 68.6 Å². The number of rotatable bonds is 18. The molecule has 0 radical (unpaired) electrons. The Labute approximate surface area is 390 Å². The molecule has 66 heavy (non-hydrogen) atoms. The Kier molecular flexibility index (Phi) is 18.1. The first-order valence-corrected chi connectivity index (χ1v) is 23.0. The molecule has 0 fully saturated rings. The topological polar surface area (TPSA) is 135 Å². The predicted octanol–water partition coefficient (Wildman–Crippen LogP) is 10.6. The van der Waals surface area contributed by atoms with Crippen molar-refractivity contribution in [3.63, 3.8) is 0 Å². The summed E-state index contributed by atoms with van der Waals surface area (Å²) in [7, 11) is 0. The minimum atomic E-state index is -0.209. The number of nitrogens with zero attached hydrogens (tertiary/aromatic N) is 8. The molecular weight excluding hydrogens is 833 g/mol. The summed E-state index contributed by atoms with van der Waals surface area (Å²) in [5, 5.41) is 18.9. The third-order valence-corrected chi connectivity index (χ3v) is 11.7. The fourth-order valence-corrected chi connectivity index (χ4v) is 8.01. The van der Waals surface area contributed by atoms with E-state index in [0.29, 0.717) is 86.5 Å². The number of carbonyl (C=O) groups is 4. The molecule has 14 nitrogen and oxygen atoms in total. The van der Waals surface area contributed by atoms with Crippen molar-refractivity contribution < 1.29 is 29.4 Å². The molecule has 0 aliphatic rings. The number of hydrogen-bond acceptors (Lipinski definition) is 6. The number of hydrogen-bond donors (Lipinski definition) is 2. The van der Waals surface area contributed by atoms with E-state index in [1.807, 2.05) is 177 Å². The van der Waals surface area contributed by atoms with Crippen LogP contribution >= 0.6 is 0 Å². The molecular formula is C52H66N8O6. The van der Waals surface area contributed by atoms with Gasteiger partial charge in [0.15, 0.2) is 0 Å². The predicted molar refractivity (Wildman–Crippen MR) is 270 cm³/mol. The van der Waals surface area contributed by atoms with Gasteiger partial charge in [0, 0.05) is 97.9 Å². The molecule has 0 aliphatic heterocycles. The second-order valence-corrected chi connectivity index (χ2v) is 15.3. The number of amides is 8. The maximum absolute atomic E-state index is 14.2. The minimum Gasteiger partial charge on any atom is -0.392 e. The quantitative estimate of drug-likeness (QED) is 0.0899. The average molecular weight is 899 g/mol. The number of carbonyl (C=O) groups excluding carboxylic acids is 4. The third kappa shape index (κ3) is 11.1. The minimum absolute atomic E-state index is 0.0694. The molecule has 0 saturated heterocycles. The van der Waals surface area contributed by atoms with Gasteiger partial charge >= 0.3 is 24.1 Å². The highest BCUT2D eigenvalue weighted by Crippen LogP contribution is 2.30. The Morgan fingerprint density at radius 3 is 0.500 bits per heavy atom. The van der Waals surface area contributed by atoms with Crippen molar-refractivity contribution in [1.29, 1.82) is 0 Å². The van der Waals surface area contributed by atoms with Crippen LogP contribution in [0.15, 0.2) is 121 Å². The lowest BCUT2D eigenvalue weighted by Gasteiger charge is -2.32. The number of aliphatic hydroxyl groups is 2. The van der Waals surface area contributed by atoms with Gasteiger partial charge in [-0.05, 0) is 164 Å². The smallest absolute Gasteiger partial charge is 0.328 e. The summed E-state index contributed by atoms with van der Waals surface area (Å²) in [5.74, 6) is 0. The van der Waals surface area contributed by atoms with Crippen molar-refractivity contribution in [2.24, 2.45) is 0 Å². The first-order chi connectivity index (χ1) is 32.0. The summed E-state index contributed by atoms with van der Waals surface area (Å²) in [5.41, 5.74) is 7.17. The molecule has 350 valence electrons. The lowest BCUT2D eigenvalue weighted by Crippen LogP contribution is -2.44. The van der Waals surface area contributed by atoms with Crippen LogP contribution in [0.4, 0.5) is 64.7 Å². The molecule has 0 atom stereocenters. The molecule has 2 N–H and O–H groups in total. The van der Waals surface area contributed by atoms with Crippen molar-refractivity contribution >= 4 is 69.6 Å². The molecule has 0 aliphatic carbocycles. The first-order valence-electron chi connectivity index (χ1n) is 23.0. The van der Waals surface area contributed by atoms with E-state index in [1.54, 1.807) is 39.2 Å². The Balaban J connectivity index is 1.28. The summed E-state index contributed by atoms with van der Waals surface area (Å²) in [6.07, 6.45) is 0. The van der Waals surface area contributed by atoms with Crippen molar-refractivity contribution in [1.82, 2.24) is 0 Å². The zero-order chi connectivity index (χ0) is 47.9. The van der Waals surface area contributed by atoms with Crippen LogP contribution in [0.1, 0.15) is 66.5 Å². The second-order valence-electron chi connectivity index (χ2n) is 15.3. The SMILES string of the molecule is CCN(C(=O)N(CC)c1ccc(N(CC)C(=O)N(CC)c2ccc(N(CC)C(=O)N(CC)c3ccc(N(CC)C(=O)N(CC)c4ccc(CO)cc4)cc3)cc2)cc1)c1ccc(CO)cc1. The standard InChI is InChI=1S/C52H66N8O6/c1-9-53(41-21-17-39(37-61)18-22-41)49(63)55(11-3)43-25-29-45(30-26-43)57(13-5)51(65)59(15-7)47-33-35-48(36-34-47)60(16-8)52(66)58(14-6)46-31-27-44(28-32-46)56(12-4)50(64)54(10-2)42-23-19-40(38-62)20-24-42/h17-36,61-62H,9-16,37-38H2,1-8H3. The molecule has 5 rings (SSSR count). The van der Waals surface area contributed by atoms with Crippen LogP contribution in [0.2, 0.25) is 0 Å². The molecule has 0 heterocycles. The maximum Gasteiger partial charge on any atom is 0.328 e. The summed E-state index contributed by atoms with van der Waals surface area (Å²) >= 11 is 0. The Bertz CT molecular complexity index is 2180. The van der Waals surface area contributed by atoms with Gasteiger partial charge in [0.05, 0.1) is 13.2 Å². The largest absolute Gasteiger partial charge is 0.392 e. The van der Waals surface area contributed by atoms with E-state index in [9.17, 15) is 29.4 Å². The van der Waals surface area contributed by atoms with Gasteiger partial charge in [0.1, 0.15) is 0 Å². The highest BCUT2D eigenvalue weighted by Gasteiger charge is 2.27. The van der Waals surface area contributed by atoms with Crippen LogP contribution < -0.4 is 39.2 Å². The van der Waals surface area contributed by atoms with E-state index in [0.717, 1.165) is 22.5 Å². The summed E-state index contributed by atoms with van der Waals surface area (Å²) < 4.78 is 0. The lowest BCUT2D eigenvalue weighted by atomic mass is 10.2. The summed E-state index contributed by atoms with van der Waals surface area (Å²) in [6.45, 7) is 18.7. The number of benzene rings is 5. The highest BCUT2D eigenvalue weighted by atomic mass is 16.3. The third-order valence-electron chi connectivity index (χ3n) is 11.7. The van der Waals surface area contributed by atoms with Gasteiger partial charge in [0.25, 0.3) is 0 Å². The number of aliphatic hydroxyl groups excluding tert-OH is 2. The molecule has 0 bridgehead atoms. The monoisotopic (exact) mass is 899 g/mol. The van der Waals surface area contributed by atoms with E-state index in [-0.39, 0.29) is 37.3 Å². The Hall–Kier alpha value is -6.90. The molecule has 0 aromatic heterocycles. The van der Waals surface area contributed by atoms with Crippen LogP contribution in [0.25, 0.3) is 0 Å². The van der Waals surface area contributed by atoms with E-state index in [4.69, 9.17) is 0 Å². The van der Waals surface area contributed by atoms with E-state index in [1.165, 1.54) is 0 Å². The fourth-order valence-electron chi connectivity index (χ4n) is 8.01. The van der Waals surface area contributed by atoms with E-state index < -0.39 is 0 Å². The van der Waals surface area contributed by atoms with Crippen molar-refractivity contribution in [2.75, 3.05) is 91.6 Å². The molecule has 14 heteroatoms. The molecule has 0 saturated carbocycles. The van der Waals surface area contributed by atoms with Crippen molar-refractivity contribution in [3.8, 4) is 0 Å². The zero-order valence-corrected chi connectivity index (χ0v) is 39.7. The number of anilines is 8. The van der Waals surface area contributed by atoms with Crippen molar-refractivity contribution in [3.05, 3.63) is 132 Å². The van der Waals surface area contributed by atoms with Gasteiger partial charge in [-0.2, -0.15) is 0 Å². The van der Waals surface area contributed by atoms with Crippen LogP contribution in [0.3, 0.4) is 0 Å². The molecule has 0 unspecified atom stereocenters. The zero-order valence-electron chi connectivity index (χ0n) is 39.7. The Morgan fingerprint density at radius 1 is 0.273 bits per heavy atom. The van der Waals surface area contributed by atoms with Gasteiger partial charge in [-0.15, -0.1) is 0 Å². The Morgan fingerprint density at radius 2 is 0.394 bits per heavy atom. The van der Waals surface area contributed by atoms with E-state index >= 15 is 0 Å². The van der Waals surface area contributed by atoms with Gasteiger partial charge in [-0.1, -0.05) is 24.3 Å². The summed E-state index contributed by atoms with van der Waals surface area (Å²) in [4.78, 5) is 69.5. The summed E-state index contributed by atoms with van der Waals surface area (Å²) in [6, 6.07) is 36.0. The van der Waals surface area contributed by atoms with Gasteiger partial charge in [0.2, 0.25) is 0 Å². The van der Waals surface area contributed by atoms with Crippen LogP contribution in [0, 0.1) is 0 Å².